The van der Waals surface area contributed by atoms with Crippen LogP contribution in [0, 0.1) is 0 Å². The van der Waals surface area contributed by atoms with E-state index in [1.54, 1.807) is 0 Å². The highest BCUT2D eigenvalue weighted by Crippen LogP contribution is 2.36. The lowest BCUT2D eigenvalue weighted by Crippen LogP contribution is -1.97. The first-order valence-corrected chi connectivity index (χ1v) is 7.41. The predicted octanol–water partition coefficient (Wildman–Crippen LogP) is 4.30. The van der Waals surface area contributed by atoms with Crippen LogP contribution in [-0.4, -0.2) is 9.97 Å². The van der Waals surface area contributed by atoms with Gasteiger partial charge in [-0.1, -0.05) is 36.4 Å². The van der Waals surface area contributed by atoms with Crippen LogP contribution in [0.2, 0.25) is 0 Å². The molecule has 1 aliphatic carbocycles. The van der Waals surface area contributed by atoms with Crippen molar-refractivity contribution in [1.82, 2.24) is 9.97 Å². The van der Waals surface area contributed by atoms with E-state index in [9.17, 15) is 0 Å². The van der Waals surface area contributed by atoms with Crippen molar-refractivity contribution in [3.8, 4) is 22.5 Å². The third-order valence-corrected chi connectivity index (χ3v) is 4.14. The van der Waals surface area contributed by atoms with Crippen LogP contribution in [0.25, 0.3) is 22.5 Å². The Bertz CT molecular complexity index is 698. The minimum absolute atomic E-state index is 0.982. The topological polar surface area (TPSA) is 25.8 Å². The quantitative estimate of drug-likeness (QED) is 0.695. The second kappa shape index (κ2) is 5.13. The van der Waals surface area contributed by atoms with E-state index >= 15 is 0 Å². The second-order valence-electron chi connectivity index (χ2n) is 5.41. The summed E-state index contributed by atoms with van der Waals surface area (Å²) in [6, 6.07) is 16.6. The zero-order valence-corrected chi connectivity index (χ0v) is 11.8. The van der Waals surface area contributed by atoms with Crippen LogP contribution < -0.4 is 0 Å². The molecule has 1 aromatic carbocycles. The molecule has 21 heavy (non-hydrogen) atoms. The lowest BCUT2D eigenvalue weighted by molar-refractivity contribution is 0.911. The van der Waals surface area contributed by atoms with Gasteiger partial charge in [-0.15, -0.1) is 0 Å². The number of hydrogen-bond donors (Lipinski definition) is 0. The van der Waals surface area contributed by atoms with Gasteiger partial charge in [-0.3, -0.25) is 9.97 Å². The molecule has 4 rings (SSSR count). The molecule has 0 spiro atoms. The molecule has 102 valence electrons. The maximum Gasteiger partial charge on any atom is 0.0921 e. The van der Waals surface area contributed by atoms with Gasteiger partial charge in [0.15, 0.2) is 0 Å². The van der Waals surface area contributed by atoms with Crippen LogP contribution in [0.4, 0.5) is 0 Å². The molecule has 0 radical (unpaired) electrons. The smallest absolute Gasteiger partial charge is 0.0921 e. The van der Waals surface area contributed by atoms with Crippen molar-refractivity contribution in [2.75, 3.05) is 0 Å². The summed E-state index contributed by atoms with van der Waals surface area (Å²) < 4.78 is 0. The molecule has 2 heterocycles. The molecule has 0 saturated heterocycles. The average Bonchev–Trinajstić information content (AvgIpc) is 3.05. The number of pyridine rings is 2. The number of benzene rings is 1. The molecule has 0 atom stereocenters. The molecule has 1 aliphatic rings. The van der Waals surface area contributed by atoms with E-state index in [2.05, 4.69) is 35.3 Å². The minimum atomic E-state index is 0.982. The van der Waals surface area contributed by atoms with Gasteiger partial charge in [0.05, 0.1) is 11.4 Å². The van der Waals surface area contributed by atoms with E-state index in [1.807, 2.05) is 30.6 Å². The van der Waals surface area contributed by atoms with Crippen molar-refractivity contribution in [2.24, 2.45) is 0 Å². The maximum absolute atomic E-state index is 4.73. The summed E-state index contributed by atoms with van der Waals surface area (Å²) in [5.74, 6) is 0. The van der Waals surface area contributed by atoms with E-state index in [1.165, 1.54) is 28.7 Å². The first kappa shape index (κ1) is 12.3. The Kier molecular flexibility index (Phi) is 3.00. The van der Waals surface area contributed by atoms with Crippen LogP contribution >= 0.6 is 0 Å². The van der Waals surface area contributed by atoms with Crippen molar-refractivity contribution < 1.29 is 0 Å². The van der Waals surface area contributed by atoms with Gasteiger partial charge in [-0.25, -0.2) is 0 Å². The number of aromatic nitrogens is 2. The summed E-state index contributed by atoms with van der Waals surface area (Å²) in [6.45, 7) is 0. The fraction of sp³-hybridized carbons (Fsp3) is 0.158. The van der Waals surface area contributed by atoms with Crippen molar-refractivity contribution in [2.45, 2.75) is 19.3 Å². The molecular formula is C19H16N2. The lowest BCUT2D eigenvalue weighted by Gasteiger charge is -2.12. The fourth-order valence-corrected chi connectivity index (χ4v) is 3.18. The zero-order valence-electron chi connectivity index (χ0n) is 11.8. The molecule has 0 bridgehead atoms. The van der Waals surface area contributed by atoms with Gasteiger partial charge in [0.25, 0.3) is 0 Å². The second-order valence-corrected chi connectivity index (χ2v) is 5.41. The Hall–Kier alpha value is -2.48. The molecule has 0 unspecified atom stereocenters. The van der Waals surface area contributed by atoms with Crippen LogP contribution in [0.5, 0.6) is 0 Å². The van der Waals surface area contributed by atoms with E-state index in [0.29, 0.717) is 0 Å². The first-order valence-electron chi connectivity index (χ1n) is 7.41. The maximum atomic E-state index is 4.73. The van der Waals surface area contributed by atoms with E-state index in [4.69, 9.17) is 4.98 Å². The Balaban J connectivity index is 1.90. The van der Waals surface area contributed by atoms with Gasteiger partial charge in [-0.2, -0.15) is 0 Å². The summed E-state index contributed by atoms with van der Waals surface area (Å²) in [5.41, 5.74) is 7.42. The standard InChI is InChI=1S/C19H16N2/c1-2-7-14(8-3-1)17-13-21-19(16-10-6-9-15(16)17)18-11-4-5-12-20-18/h1-5,7-8,11-13H,6,9-10H2. The normalized spacial score (nSPS) is 13.1. The van der Waals surface area contributed by atoms with Crippen molar-refractivity contribution in [3.05, 3.63) is 72.1 Å². The van der Waals surface area contributed by atoms with Gasteiger partial charge in [0.1, 0.15) is 0 Å². The summed E-state index contributed by atoms with van der Waals surface area (Å²) in [6.07, 6.45) is 7.31. The highest BCUT2D eigenvalue weighted by Gasteiger charge is 2.21. The van der Waals surface area contributed by atoms with Crippen LogP contribution in [0.15, 0.2) is 60.9 Å². The fourth-order valence-electron chi connectivity index (χ4n) is 3.18. The molecular weight excluding hydrogens is 256 g/mol. The largest absolute Gasteiger partial charge is 0.255 e. The van der Waals surface area contributed by atoms with Crippen molar-refractivity contribution in [1.29, 1.82) is 0 Å². The minimum Gasteiger partial charge on any atom is -0.255 e. The summed E-state index contributed by atoms with van der Waals surface area (Å²) in [5, 5.41) is 0. The summed E-state index contributed by atoms with van der Waals surface area (Å²) in [7, 11) is 0. The number of fused-ring (bicyclic) bond motifs is 1. The van der Waals surface area contributed by atoms with E-state index in [-0.39, 0.29) is 0 Å². The summed E-state index contributed by atoms with van der Waals surface area (Å²) in [4.78, 5) is 9.20. The van der Waals surface area contributed by atoms with Crippen LogP contribution in [0.3, 0.4) is 0 Å². The van der Waals surface area contributed by atoms with Gasteiger partial charge < -0.3 is 0 Å². The monoisotopic (exact) mass is 272 g/mol. The number of nitrogens with zero attached hydrogens (tertiary/aromatic N) is 2. The predicted molar refractivity (Wildman–Crippen MR) is 84.9 cm³/mol. The lowest BCUT2D eigenvalue weighted by atomic mass is 9.97. The highest BCUT2D eigenvalue weighted by atomic mass is 14.8. The molecule has 0 saturated carbocycles. The average molecular weight is 272 g/mol. The van der Waals surface area contributed by atoms with Crippen molar-refractivity contribution >= 4 is 0 Å². The van der Waals surface area contributed by atoms with Gasteiger partial charge >= 0.3 is 0 Å². The van der Waals surface area contributed by atoms with E-state index in [0.717, 1.165) is 24.2 Å². The Morgan fingerprint density at radius 1 is 0.762 bits per heavy atom. The molecule has 2 nitrogen and oxygen atoms in total. The summed E-state index contributed by atoms with van der Waals surface area (Å²) >= 11 is 0. The molecule has 0 fully saturated rings. The highest BCUT2D eigenvalue weighted by molar-refractivity contribution is 5.73. The van der Waals surface area contributed by atoms with E-state index < -0.39 is 0 Å². The van der Waals surface area contributed by atoms with Gasteiger partial charge in [0, 0.05) is 18.0 Å². The third-order valence-electron chi connectivity index (χ3n) is 4.14. The molecule has 0 N–H and O–H groups in total. The van der Waals surface area contributed by atoms with Crippen LogP contribution in [-0.2, 0) is 12.8 Å². The van der Waals surface area contributed by atoms with Gasteiger partial charge in [0.2, 0.25) is 0 Å². The number of hydrogen-bond acceptors (Lipinski definition) is 2. The molecule has 0 aliphatic heterocycles. The zero-order chi connectivity index (χ0) is 14.1. The molecule has 2 heteroatoms. The SMILES string of the molecule is c1ccc(-c2cnc(-c3ccccn3)c3c2CCC3)cc1. The Morgan fingerprint density at radius 2 is 1.57 bits per heavy atom. The third kappa shape index (κ3) is 2.13. The molecule has 0 amide bonds. The Labute approximate surface area is 124 Å². The molecule has 2 aromatic heterocycles. The van der Waals surface area contributed by atoms with Gasteiger partial charge in [-0.05, 0) is 48.1 Å². The first-order chi connectivity index (χ1) is 10.4. The van der Waals surface area contributed by atoms with Crippen molar-refractivity contribution in [3.63, 3.8) is 0 Å². The van der Waals surface area contributed by atoms with Crippen LogP contribution in [0.1, 0.15) is 17.5 Å². The number of rotatable bonds is 2. The Morgan fingerprint density at radius 3 is 2.38 bits per heavy atom. The molecule has 3 aromatic rings.